The predicted molar refractivity (Wildman–Crippen MR) is 146 cm³/mol. The smallest absolute Gasteiger partial charge is 0.238 e. The molecule has 0 saturated carbocycles. The van der Waals surface area contributed by atoms with Gasteiger partial charge in [-0.15, -0.1) is 0 Å². The Kier molecular flexibility index (Phi) is 8.68. The number of thioether (sulfide) groups is 1. The van der Waals surface area contributed by atoms with Crippen molar-refractivity contribution in [1.82, 2.24) is 4.90 Å². The molecule has 0 radical (unpaired) electrons. The largest absolute Gasteiger partial charge is 0.497 e. The lowest BCUT2D eigenvalue weighted by Gasteiger charge is -2.32. The van der Waals surface area contributed by atoms with Gasteiger partial charge in [-0.25, -0.2) is 4.99 Å². The van der Waals surface area contributed by atoms with E-state index in [9.17, 15) is 9.59 Å². The zero-order valence-electron chi connectivity index (χ0n) is 21.0. The Bertz CT molecular complexity index is 1240. The summed E-state index contributed by atoms with van der Waals surface area (Å²) >= 11 is 1.29. The van der Waals surface area contributed by atoms with E-state index in [1.165, 1.54) is 11.8 Å². The lowest BCUT2D eigenvalue weighted by molar-refractivity contribution is -0.129. The summed E-state index contributed by atoms with van der Waals surface area (Å²) in [6, 6.07) is 22.1. The number of carbonyl (C=O) groups is 2. The Morgan fingerprint density at radius 1 is 0.892 bits per heavy atom. The number of amidine groups is 1. The van der Waals surface area contributed by atoms with Gasteiger partial charge in [0.1, 0.15) is 22.5 Å². The van der Waals surface area contributed by atoms with E-state index in [0.29, 0.717) is 41.0 Å². The molecule has 2 amide bonds. The van der Waals surface area contributed by atoms with Crippen molar-refractivity contribution in [3.63, 3.8) is 0 Å². The molecule has 4 rings (SSSR count). The van der Waals surface area contributed by atoms with E-state index in [-0.39, 0.29) is 18.2 Å². The van der Waals surface area contributed by atoms with Crippen LogP contribution in [0.1, 0.15) is 12.0 Å². The first kappa shape index (κ1) is 26.1. The van der Waals surface area contributed by atoms with Gasteiger partial charge >= 0.3 is 0 Å². The zero-order chi connectivity index (χ0) is 26.2. The Hall–Kier alpha value is -3.98. The second-order valence-electron chi connectivity index (χ2n) is 8.26. The van der Waals surface area contributed by atoms with Crippen LogP contribution in [0.15, 0.2) is 77.8 Å². The van der Waals surface area contributed by atoms with Gasteiger partial charge in [-0.05, 0) is 72.6 Å². The number of amides is 2. The first-order chi connectivity index (χ1) is 18.0. The number of carbonyl (C=O) groups excluding carboxylic acids is 2. The van der Waals surface area contributed by atoms with Crippen molar-refractivity contribution in [2.24, 2.45) is 4.99 Å². The predicted octanol–water partition coefficient (Wildman–Crippen LogP) is 4.92. The van der Waals surface area contributed by atoms with Crippen molar-refractivity contribution in [3.8, 4) is 17.2 Å². The minimum absolute atomic E-state index is 0.0803. The summed E-state index contributed by atoms with van der Waals surface area (Å²) < 4.78 is 15.6. The topological polar surface area (TPSA) is 89.5 Å². The second-order valence-corrected chi connectivity index (χ2v) is 9.43. The minimum Gasteiger partial charge on any atom is -0.497 e. The van der Waals surface area contributed by atoms with Crippen molar-refractivity contribution >= 4 is 40.1 Å². The SMILES string of the molecule is COc1ccc(CCN2C(=O)CC(C(=O)Nc3ccc(OC)cc3)SC2=Nc2ccc(OC)cc2)cc1. The second kappa shape index (κ2) is 12.3. The van der Waals surface area contributed by atoms with Gasteiger partial charge < -0.3 is 19.5 Å². The van der Waals surface area contributed by atoms with Crippen LogP contribution in [-0.4, -0.2) is 55.0 Å². The highest BCUT2D eigenvalue weighted by Crippen LogP contribution is 2.31. The van der Waals surface area contributed by atoms with Crippen LogP contribution in [0.4, 0.5) is 11.4 Å². The van der Waals surface area contributed by atoms with Crippen LogP contribution in [0.25, 0.3) is 0 Å². The molecule has 1 aliphatic heterocycles. The molecule has 1 saturated heterocycles. The maximum atomic E-state index is 13.3. The van der Waals surface area contributed by atoms with Gasteiger partial charge in [-0.2, -0.15) is 0 Å². The summed E-state index contributed by atoms with van der Waals surface area (Å²) in [5.74, 6) is 1.79. The summed E-state index contributed by atoms with van der Waals surface area (Å²) in [5, 5.41) is 2.78. The molecule has 1 N–H and O–H groups in total. The molecular formula is C28H29N3O5S. The Morgan fingerprint density at radius 2 is 1.43 bits per heavy atom. The van der Waals surface area contributed by atoms with Crippen LogP contribution in [0.2, 0.25) is 0 Å². The Morgan fingerprint density at radius 3 is 2.00 bits per heavy atom. The average Bonchev–Trinajstić information content (AvgIpc) is 2.93. The lowest BCUT2D eigenvalue weighted by atomic mass is 10.1. The molecule has 1 heterocycles. The molecule has 9 heteroatoms. The van der Waals surface area contributed by atoms with E-state index < -0.39 is 5.25 Å². The molecule has 37 heavy (non-hydrogen) atoms. The first-order valence-electron chi connectivity index (χ1n) is 11.8. The van der Waals surface area contributed by atoms with Gasteiger partial charge in [0, 0.05) is 18.7 Å². The third-order valence-corrected chi connectivity index (χ3v) is 7.06. The van der Waals surface area contributed by atoms with Gasteiger partial charge in [0.25, 0.3) is 0 Å². The van der Waals surface area contributed by atoms with E-state index in [1.54, 1.807) is 50.5 Å². The molecule has 1 atom stereocenters. The number of aliphatic imine (C=N–C) groups is 1. The number of anilines is 1. The molecule has 3 aromatic rings. The minimum atomic E-state index is -0.608. The van der Waals surface area contributed by atoms with Gasteiger partial charge in [0.05, 0.1) is 27.0 Å². The van der Waals surface area contributed by atoms with Gasteiger partial charge in [0.2, 0.25) is 11.8 Å². The fourth-order valence-corrected chi connectivity index (χ4v) is 4.88. The molecule has 0 bridgehead atoms. The van der Waals surface area contributed by atoms with Crippen molar-refractivity contribution in [1.29, 1.82) is 0 Å². The standard InChI is InChI=1S/C28H29N3O5S/c1-34-22-10-4-19(5-11-22)16-17-31-26(32)18-25(27(33)29-20-6-12-23(35-2)13-7-20)37-28(31)30-21-8-14-24(36-3)15-9-21/h4-15,25H,16-18H2,1-3H3,(H,29,33). The molecule has 1 fully saturated rings. The fraction of sp³-hybridized carbons (Fsp3) is 0.250. The number of methoxy groups -OCH3 is 3. The zero-order valence-corrected chi connectivity index (χ0v) is 21.8. The van der Waals surface area contributed by atoms with E-state index in [0.717, 1.165) is 11.3 Å². The highest BCUT2D eigenvalue weighted by Gasteiger charge is 2.35. The Labute approximate surface area is 220 Å². The van der Waals surface area contributed by atoms with E-state index in [2.05, 4.69) is 5.32 Å². The van der Waals surface area contributed by atoms with Crippen molar-refractivity contribution in [2.45, 2.75) is 18.1 Å². The highest BCUT2D eigenvalue weighted by molar-refractivity contribution is 8.15. The number of hydrogen-bond acceptors (Lipinski definition) is 7. The fourth-order valence-electron chi connectivity index (χ4n) is 3.76. The number of rotatable bonds is 9. The van der Waals surface area contributed by atoms with Crippen LogP contribution in [-0.2, 0) is 16.0 Å². The van der Waals surface area contributed by atoms with Crippen molar-refractivity contribution in [2.75, 3.05) is 33.2 Å². The van der Waals surface area contributed by atoms with Crippen molar-refractivity contribution in [3.05, 3.63) is 78.4 Å². The molecule has 0 aliphatic carbocycles. The molecule has 3 aromatic carbocycles. The van der Waals surface area contributed by atoms with Crippen LogP contribution < -0.4 is 19.5 Å². The van der Waals surface area contributed by atoms with Gasteiger partial charge in [-0.3, -0.25) is 14.5 Å². The summed E-state index contributed by atoms with van der Waals surface area (Å²) in [7, 11) is 4.81. The molecule has 1 unspecified atom stereocenters. The molecule has 0 spiro atoms. The molecular weight excluding hydrogens is 490 g/mol. The summed E-state index contributed by atoms with van der Waals surface area (Å²) in [5.41, 5.74) is 2.37. The number of hydrogen-bond donors (Lipinski definition) is 1. The Balaban J connectivity index is 1.53. The quantitative estimate of drug-likeness (QED) is 0.432. The summed E-state index contributed by atoms with van der Waals surface area (Å²) in [4.78, 5) is 32.7. The van der Waals surface area contributed by atoms with E-state index in [4.69, 9.17) is 19.2 Å². The average molecular weight is 520 g/mol. The normalized spacial score (nSPS) is 16.4. The highest BCUT2D eigenvalue weighted by atomic mass is 32.2. The van der Waals surface area contributed by atoms with Crippen LogP contribution in [0.3, 0.4) is 0 Å². The van der Waals surface area contributed by atoms with E-state index >= 15 is 0 Å². The van der Waals surface area contributed by atoms with Crippen molar-refractivity contribution < 1.29 is 23.8 Å². The maximum absolute atomic E-state index is 13.3. The van der Waals surface area contributed by atoms with Gasteiger partial charge in [-0.1, -0.05) is 23.9 Å². The van der Waals surface area contributed by atoms with E-state index in [1.807, 2.05) is 48.5 Å². The third-order valence-electron chi connectivity index (χ3n) is 5.87. The number of benzene rings is 3. The monoisotopic (exact) mass is 519 g/mol. The molecule has 1 aliphatic rings. The van der Waals surface area contributed by atoms with Crippen LogP contribution >= 0.6 is 11.8 Å². The molecule has 8 nitrogen and oxygen atoms in total. The van der Waals surface area contributed by atoms with Gasteiger partial charge in [0.15, 0.2) is 5.17 Å². The number of ether oxygens (including phenoxy) is 3. The number of nitrogens with zero attached hydrogens (tertiary/aromatic N) is 2. The first-order valence-corrected chi connectivity index (χ1v) is 12.6. The maximum Gasteiger partial charge on any atom is 0.238 e. The third kappa shape index (κ3) is 6.83. The van der Waals surface area contributed by atoms with Crippen LogP contribution in [0, 0.1) is 0 Å². The molecule has 0 aromatic heterocycles. The summed E-state index contributed by atoms with van der Waals surface area (Å²) in [6.07, 6.45) is 0.720. The van der Waals surface area contributed by atoms with Crippen LogP contribution in [0.5, 0.6) is 17.2 Å². The number of nitrogens with one attached hydrogen (secondary N) is 1. The molecule has 192 valence electrons. The summed E-state index contributed by atoms with van der Waals surface area (Å²) in [6.45, 7) is 0.444. The lowest BCUT2D eigenvalue weighted by Crippen LogP contribution is -2.46.